The first kappa shape index (κ1) is 11.9. The van der Waals surface area contributed by atoms with E-state index in [4.69, 9.17) is 0 Å². The number of aryl methyl sites for hydroxylation is 1. The minimum absolute atomic E-state index is 0.537. The number of rotatable bonds is 3. The van der Waals surface area contributed by atoms with Gasteiger partial charge in [-0.2, -0.15) is 0 Å². The summed E-state index contributed by atoms with van der Waals surface area (Å²) in [6.45, 7) is 2.61. The van der Waals surface area contributed by atoms with Crippen molar-refractivity contribution >= 4 is 21.7 Å². The third-order valence-electron chi connectivity index (χ3n) is 3.20. The van der Waals surface area contributed by atoms with Crippen LogP contribution in [0.3, 0.4) is 0 Å². The van der Waals surface area contributed by atoms with Crippen LogP contribution < -0.4 is 5.32 Å². The Morgan fingerprint density at radius 2 is 2.19 bits per heavy atom. The van der Waals surface area contributed by atoms with E-state index in [0.29, 0.717) is 6.54 Å². The Morgan fingerprint density at radius 3 is 2.88 bits per heavy atom. The summed E-state index contributed by atoms with van der Waals surface area (Å²) in [4.78, 5) is 4.26. The van der Waals surface area contributed by atoms with Gasteiger partial charge >= 0.3 is 0 Å². The molecule has 0 aromatic carbocycles. The molecule has 4 heteroatoms. The zero-order valence-electron chi connectivity index (χ0n) is 9.46. The summed E-state index contributed by atoms with van der Waals surface area (Å²) in [5.74, 6) is 0.820. The molecular formula is C12H17BrN2O. The SMILES string of the molecule is Cc1ccnc(NCC2(O)CCCC2)c1Br. The maximum Gasteiger partial charge on any atom is 0.140 e. The van der Waals surface area contributed by atoms with E-state index in [0.717, 1.165) is 41.5 Å². The standard InChI is InChI=1S/C12H17BrN2O/c1-9-4-7-14-11(10(9)13)15-8-12(16)5-2-3-6-12/h4,7,16H,2-3,5-6,8H2,1H3,(H,14,15). The van der Waals surface area contributed by atoms with Gasteiger partial charge in [0.2, 0.25) is 0 Å². The highest BCUT2D eigenvalue weighted by molar-refractivity contribution is 9.10. The van der Waals surface area contributed by atoms with Crippen LogP contribution in [0.2, 0.25) is 0 Å². The summed E-state index contributed by atoms with van der Waals surface area (Å²) in [5, 5.41) is 13.4. The highest BCUT2D eigenvalue weighted by atomic mass is 79.9. The molecule has 1 aliphatic carbocycles. The Balaban J connectivity index is 2.02. The lowest BCUT2D eigenvalue weighted by atomic mass is 10.0. The van der Waals surface area contributed by atoms with Gasteiger partial charge in [0.15, 0.2) is 0 Å². The summed E-state index contributed by atoms with van der Waals surface area (Å²) in [6.07, 6.45) is 5.81. The second-order valence-corrected chi connectivity index (χ2v) is 5.37. The first-order chi connectivity index (χ1) is 7.61. The van der Waals surface area contributed by atoms with Crippen LogP contribution in [-0.4, -0.2) is 22.2 Å². The van der Waals surface area contributed by atoms with Crippen molar-refractivity contribution in [3.63, 3.8) is 0 Å². The number of halogens is 1. The van der Waals surface area contributed by atoms with Crippen molar-refractivity contribution in [2.45, 2.75) is 38.2 Å². The lowest BCUT2D eigenvalue weighted by Gasteiger charge is -2.23. The molecule has 2 N–H and O–H groups in total. The van der Waals surface area contributed by atoms with Gasteiger partial charge in [-0.25, -0.2) is 4.98 Å². The number of aromatic nitrogens is 1. The predicted molar refractivity (Wildman–Crippen MR) is 68.6 cm³/mol. The Labute approximate surface area is 104 Å². The van der Waals surface area contributed by atoms with Crippen LogP contribution in [-0.2, 0) is 0 Å². The highest BCUT2D eigenvalue weighted by Crippen LogP contribution is 2.30. The quantitative estimate of drug-likeness (QED) is 0.897. The highest BCUT2D eigenvalue weighted by Gasteiger charge is 2.30. The van der Waals surface area contributed by atoms with Crippen molar-refractivity contribution in [2.24, 2.45) is 0 Å². The van der Waals surface area contributed by atoms with E-state index in [1.165, 1.54) is 0 Å². The molecule has 0 radical (unpaired) electrons. The number of aliphatic hydroxyl groups is 1. The van der Waals surface area contributed by atoms with Crippen molar-refractivity contribution in [1.82, 2.24) is 4.98 Å². The molecule has 1 aliphatic rings. The third-order valence-corrected chi connectivity index (χ3v) is 4.20. The lowest BCUT2D eigenvalue weighted by Crippen LogP contribution is -2.33. The monoisotopic (exact) mass is 284 g/mol. The van der Waals surface area contributed by atoms with Crippen molar-refractivity contribution < 1.29 is 5.11 Å². The molecule has 0 unspecified atom stereocenters. The van der Waals surface area contributed by atoms with Crippen molar-refractivity contribution in [2.75, 3.05) is 11.9 Å². The molecule has 0 saturated heterocycles. The Morgan fingerprint density at radius 1 is 1.50 bits per heavy atom. The Bertz CT molecular complexity index is 375. The molecule has 0 aliphatic heterocycles. The average Bonchev–Trinajstić information content (AvgIpc) is 2.68. The molecule has 2 rings (SSSR count). The van der Waals surface area contributed by atoms with E-state index < -0.39 is 5.60 Å². The number of hydrogen-bond donors (Lipinski definition) is 2. The molecule has 0 bridgehead atoms. The van der Waals surface area contributed by atoms with Gasteiger partial charge in [0, 0.05) is 12.7 Å². The normalized spacial score (nSPS) is 18.7. The fourth-order valence-corrected chi connectivity index (χ4v) is 2.50. The maximum absolute atomic E-state index is 10.2. The molecule has 16 heavy (non-hydrogen) atoms. The summed E-state index contributed by atoms with van der Waals surface area (Å²) in [7, 11) is 0. The van der Waals surface area contributed by atoms with Gasteiger partial charge in [-0.3, -0.25) is 0 Å². The van der Waals surface area contributed by atoms with Crippen molar-refractivity contribution in [3.05, 3.63) is 22.3 Å². The Kier molecular flexibility index (Phi) is 3.50. The second kappa shape index (κ2) is 4.72. The van der Waals surface area contributed by atoms with Gasteiger partial charge in [-0.05, 0) is 47.3 Å². The van der Waals surface area contributed by atoms with E-state index in [1.807, 2.05) is 13.0 Å². The van der Waals surface area contributed by atoms with E-state index in [-0.39, 0.29) is 0 Å². The molecular weight excluding hydrogens is 268 g/mol. The smallest absolute Gasteiger partial charge is 0.140 e. The number of nitrogens with zero attached hydrogens (tertiary/aromatic N) is 1. The average molecular weight is 285 g/mol. The van der Waals surface area contributed by atoms with Crippen LogP contribution >= 0.6 is 15.9 Å². The molecule has 0 spiro atoms. The van der Waals surface area contributed by atoms with E-state index in [9.17, 15) is 5.11 Å². The van der Waals surface area contributed by atoms with Crippen LogP contribution in [0.15, 0.2) is 16.7 Å². The summed E-state index contributed by atoms with van der Waals surface area (Å²) < 4.78 is 0.983. The molecule has 3 nitrogen and oxygen atoms in total. The van der Waals surface area contributed by atoms with Crippen LogP contribution in [0.5, 0.6) is 0 Å². The van der Waals surface area contributed by atoms with Gasteiger partial charge in [-0.1, -0.05) is 12.8 Å². The Hall–Kier alpha value is -0.610. The first-order valence-corrected chi connectivity index (χ1v) is 6.47. The first-order valence-electron chi connectivity index (χ1n) is 5.68. The minimum Gasteiger partial charge on any atom is -0.388 e. The topological polar surface area (TPSA) is 45.2 Å². The molecule has 1 saturated carbocycles. The molecule has 1 aromatic rings. The largest absolute Gasteiger partial charge is 0.388 e. The fourth-order valence-electron chi connectivity index (χ4n) is 2.12. The third kappa shape index (κ3) is 2.55. The maximum atomic E-state index is 10.2. The second-order valence-electron chi connectivity index (χ2n) is 4.58. The van der Waals surface area contributed by atoms with Crippen LogP contribution in [0.4, 0.5) is 5.82 Å². The van der Waals surface area contributed by atoms with E-state index >= 15 is 0 Å². The summed E-state index contributed by atoms with van der Waals surface area (Å²) >= 11 is 3.50. The van der Waals surface area contributed by atoms with Gasteiger partial charge in [0.05, 0.1) is 10.1 Å². The predicted octanol–water partition coefficient (Wildman–Crippen LogP) is 2.87. The van der Waals surface area contributed by atoms with Crippen LogP contribution in [0.1, 0.15) is 31.2 Å². The van der Waals surface area contributed by atoms with Gasteiger partial charge in [0.1, 0.15) is 5.82 Å². The van der Waals surface area contributed by atoms with Crippen LogP contribution in [0.25, 0.3) is 0 Å². The molecule has 1 aromatic heterocycles. The molecule has 1 heterocycles. The van der Waals surface area contributed by atoms with E-state index in [2.05, 4.69) is 26.2 Å². The van der Waals surface area contributed by atoms with E-state index in [1.54, 1.807) is 6.20 Å². The zero-order valence-corrected chi connectivity index (χ0v) is 11.0. The number of nitrogens with one attached hydrogen (secondary N) is 1. The molecule has 0 atom stereocenters. The summed E-state index contributed by atoms with van der Waals surface area (Å²) in [5.41, 5.74) is 0.612. The van der Waals surface area contributed by atoms with Gasteiger partial charge < -0.3 is 10.4 Å². The lowest BCUT2D eigenvalue weighted by molar-refractivity contribution is 0.0614. The van der Waals surface area contributed by atoms with Crippen LogP contribution in [0, 0.1) is 6.92 Å². The van der Waals surface area contributed by atoms with Gasteiger partial charge in [-0.15, -0.1) is 0 Å². The fraction of sp³-hybridized carbons (Fsp3) is 0.583. The zero-order chi connectivity index (χ0) is 11.6. The number of pyridine rings is 1. The molecule has 88 valence electrons. The van der Waals surface area contributed by atoms with Gasteiger partial charge in [0.25, 0.3) is 0 Å². The van der Waals surface area contributed by atoms with Crippen molar-refractivity contribution in [1.29, 1.82) is 0 Å². The van der Waals surface area contributed by atoms with Crippen molar-refractivity contribution in [3.8, 4) is 0 Å². The minimum atomic E-state index is -0.537. The number of anilines is 1. The molecule has 0 amide bonds. The molecule has 1 fully saturated rings. The number of hydrogen-bond acceptors (Lipinski definition) is 3. The summed E-state index contributed by atoms with van der Waals surface area (Å²) in [6, 6.07) is 1.96.